The molecule has 3 N–H and O–H groups in total. The molecule has 2 aliphatic rings. The summed E-state index contributed by atoms with van der Waals surface area (Å²) in [6.45, 7) is 4.97. The molecule has 108 valence electrons. The van der Waals surface area contributed by atoms with Crippen LogP contribution in [0.15, 0.2) is 18.2 Å². The SMILES string of the molecule is CC1(C)Cc2cccc(C(NCC3CC3)C(N)=O)c2O1. The van der Waals surface area contributed by atoms with Crippen LogP contribution in [0.1, 0.15) is 43.9 Å². The van der Waals surface area contributed by atoms with Crippen LogP contribution >= 0.6 is 0 Å². The molecule has 1 unspecified atom stereocenters. The van der Waals surface area contributed by atoms with Crippen molar-refractivity contribution in [2.24, 2.45) is 11.7 Å². The molecule has 20 heavy (non-hydrogen) atoms. The number of amides is 1. The first-order valence-electron chi connectivity index (χ1n) is 7.30. The van der Waals surface area contributed by atoms with Crippen molar-refractivity contribution in [3.8, 4) is 5.75 Å². The summed E-state index contributed by atoms with van der Waals surface area (Å²) in [5.74, 6) is 1.20. The third kappa shape index (κ3) is 2.66. The maximum Gasteiger partial charge on any atom is 0.239 e. The Labute approximate surface area is 119 Å². The molecule has 4 nitrogen and oxygen atoms in total. The van der Waals surface area contributed by atoms with Crippen molar-refractivity contribution in [3.05, 3.63) is 29.3 Å². The summed E-state index contributed by atoms with van der Waals surface area (Å²) >= 11 is 0. The smallest absolute Gasteiger partial charge is 0.239 e. The molecule has 1 aliphatic carbocycles. The van der Waals surface area contributed by atoms with E-state index in [0.29, 0.717) is 5.92 Å². The van der Waals surface area contributed by atoms with E-state index in [4.69, 9.17) is 10.5 Å². The van der Waals surface area contributed by atoms with Gasteiger partial charge in [0.1, 0.15) is 17.4 Å². The minimum absolute atomic E-state index is 0.211. The Morgan fingerprint density at radius 3 is 2.90 bits per heavy atom. The van der Waals surface area contributed by atoms with Gasteiger partial charge in [0.2, 0.25) is 5.91 Å². The van der Waals surface area contributed by atoms with Gasteiger partial charge in [0.15, 0.2) is 0 Å². The summed E-state index contributed by atoms with van der Waals surface area (Å²) in [6, 6.07) is 5.52. The van der Waals surface area contributed by atoms with E-state index in [0.717, 1.165) is 29.8 Å². The number of nitrogens with one attached hydrogen (secondary N) is 1. The molecule has 0 saturated heterocycles. The van der Waals surface area contributed by atoms with Gasteiger partial charge in [0.25, 0.3) is 0 Å². The molecule has 0 spiro atoms. The Morgan fingerprint density at radius 2 is 2.25 bits per heavy atom. The number of rotatable bonds is 5. The summed E-state index contributed by atoms with van der Waals surface area (Å²) < 4.78 is 6.03. The highest BCUT2D eigenvalue weighted by Crippen LogP contribution is 2.40. The fraction of sp³-hybridized carbons (Fsp3) is 0.562. The molecule has 1 heterocycles. The van der Waals surface area contributed by atoms with Crippen molar-refractivity contribution in [2.75, 3.05) is 6.54 Å². The minimum Gasteiger partial charge on any atom is -0.487 e. The lowest BCUT2D eigenvalue weighted by molar-refractivity contribution is -0.120. The van der Waals surface area contributed by atoms with Crippen LogP contribution in [0.4, 0.5) is 0 Å². The summed E-state index contributed by atoms with van der Waals surface area (Å²) in [6.07, 6.45) is 3.36. The highest BCUT2D eigenvalue weighted by atomic mass is 16.5. The van der Waals surface area contributed by atoms with Gasteiger partial charge in [-0.25, -0.2) is 0 Å². The van der Waals surface area contributed by atoms with Gasteiger partial charge >= 0.3 is 0 Å². The monoisotopic (exact) mass is 274 g/mol. The van der Waals surface area contributed by atoms with Crippen LogP contribution < -0.4 is 15.8 Å². The standard InChI is InChI=1S/C16H22N2O2/c1-16(2)8-11-4-3-5-12(14(11)20-16)13(15(17)19)18-9-10-6-7-10/h3-5,10,13,18H,6-9H2,1-2H3,(H2,17,19). The number of ether oxygens (including phenoxy) is 1. The molecule has 1 amide bonds. The topological polar surface area (TPSA) is 64.3 Å². The van der Waals surface area contributed by atoms with Gasteiger partial charge in [-0.3, -0.25) is 4.79 Å². The van der Waals surface area contributed by atoms with Crippen LogP contribution in [0.25, 0.3) is 0 Å². The highest BCUT2D eigenvalue weighted by molar-refractivity contribution is 5.82. The second kappa shape index (κ2) is 4.77. The van der Waals surface area contributed by atoms with Gasteiger partial charge in [-0.15, -0.1) is 0 Å². The fourth-order valence-electron chi connectivity index (χ4n) is 2.84. The molecule has 4 heteroatoms. The number of carbonyl (C=O) groups is 1. The van der Waals surface area contributed by atoms with Crippen LogP contribution in [0.5, 0.6) is 5.75 Å². The number of nitrogens with two attached hydrogens (primary N) is 1. The Kier molecular flexibility index (Phi) is 3.21. The number of primary amides is 1. The van der Waals surface area contributed by atoms with E-state index in [1.54, 1.807) is 0 Å². The molecule has 1 saturated carbocycles. The molecular formula is C16H22N2O2. The molecule has 0 bridgehead atoms. The van der Waals surface area contributed by atoms with Gasteiger partial charge in [-0.05, 0) is 44.7 Å². The summed E-state index contributed by atoms with van der Waals surface area (Å²) in [7, 11) is 0. The van der Waals surface area contributed by atoms with Crippen LogP contribution in [0.2, 0.25) is 0 Å². The Bertz CT molecular complexity index is 535. The van der Waals surface area contributed by atoms with Crippen LogP contribution in [-0.4, -0.2) is 18.1 Å². The van der Waals surface area contributed by atoms with Crippen molar-refractivity contribution in [1.29, 1.82) is 0 Å². The van der Waals surface area contributed by atoms with Crippen LogP contribution in [-0.2, 0) is 11.2 Å². The van der Waals surface area contributed by atoms with E-state index < -0.39 is 6.04 Å². The molecule has 1 aromatic carbocycles. The fourth-order valence-corrected chi connectivity index (χ4v) is 2.84. The average molecular weight is 274 g/mol. The molecule has 1 aliphatic heterocycles. The van der Waals surface area contributed by atoms with Crippen molar-refractivity contribution in [1.82, 2.24) is 5.32 Å². The number of fused-ring (bicyclic) bond motifs is 1. The molecule has 1 atom stereocenters. The first-order valence-corrected chi connectivity index (χ1v) is 7.30. The van der Waals surface area contributed by atoms with E-state index in [9.17, 15) is 4.79 Å². The molecule has 3 rings (SSSR count). The van der Waals surface area contributed by atoms with Crippen molar-refractivity contribution in [3.63, 3.8) is 0 Å². The number of hydrogen-bond donors (Lipinski definition) is 2. The summed E-state index contributed by atoms with van der Waals surface area (Å²) in [5.41, 5.74) is 7.40. The van der Waals surface area contributed by atoms with E-state index in [-0.39, 0.29) is 11.5 Å². The Morgan fingerprint density at radius 1 is 1.50 bits per heavy atom. The third-order valence-corrected chi connectivity index (χ3v) is 4.02. The lowest BCUT2D eigenvalue weighted by atomic mass is 9.98. The van der Waals surface area contributed by atoms with Crippen molar-refractivity contribution in [2.45, 2.75) is 44.8 Å². The second-order valence-electron chi connectivity index (χ2n) is 6.56. The van der Waals surface area contributed by atoms with Gasteiger partial charge in [0, 0.05) is 12.0 Å². The van der Waals surface area contributed by atoms with Crippen molar-refractivity contribution < 1.29 is 9.53 Å². The van der Waals surface area contributed by atoms with E-state index in [1.165, 1.54) is 12.8 Å². The predicted molar refractivity (Wildman–Crippen MR) is 77.5 cm³/mol. The lowest BCUT2D eigenvalue weighted by Crippen LogP contribution is -2.35. The summed E-state index contributed by atoms with van der Waals surface area (Å²) in [4.78, 5) is 11.8. The van der Waals surface area contributed by atoms with Crippen LogP contribution in [0, 0.1) is 5.92 Å². The normalized spacial score (nSPS) is 21.1. The van der Waals surface area contributed by atoms with Crippen LogP contribution in [0.3, 0.4) is 0 Å². The molecule has 0 aromatic heterocycles. The number of para-hydroxylation sites is 1. The highest BCUT2D eigenvalue weighted by Gasteiger charge is 2.35. The van der Waals surface area contributed by atoms with Gasteiger partial charge in [0.05, 0.1) is 0 Å². The first-order chi connectivity index (χ1) is 9.46. The minimum atomic E-state index is -0.459. The molecule has 1 fully saturated rings. The molecular weight excluding hydrogens is 252 g/mol. The van der Waals surface area contributed by atoms with Gasteiger partial charge in [-0.2, -0.15) is 0 Å². The van der Waals surface area contributed by atoms with Crippen molar-refractivity contribution >= 4 is 5.91 Å². The first kappa shape index (κ1) is 13.4. The Hall–Kier alpha value is -1.55. The average Bonchev–Trinajstić information content (AvgIpc) is 3.10. The largest absolute Gasteiger partial charge is 0.487 e. The van der Waals surface area contributed by atoms with E-state index in [2.05, 4.69) is 25.2 Å². The lowest BCUT2D eigenvalue weighted by Gasteiger charge is -2.21. The predicted octanol–water partition coefficient (Wildman–Crippen LogP) is 1.93. The van der Waals surface area contributed by atoms with Gasteiger partial charge < -0.3 is 15.8 Å². The zero-order valence-corrected chi connectivity index (χ0v) is 12.1. The zero-order chi connectivity index (χ0) is 14.3. The number of benzene rings is 1. The van der Waals surface area contributed by atoms with Gasteiger partial charge in [-0.1, -0.05) is 18.2 Å². The Balaban J connectivity index is 1.87. The quantitative estimate of drug-likeness (QED) is 0.862. The summed E-state index contributed by atoms with van der Waals surface area (Å²) in [5, 5.41) is 3.30. The maximum absolute atomic E-state index is 11.8. The van der Waals surface area contributed by atoms with E-state index >= 15 is 0 Å². The number of hydrogen-bond acceptors (Lipinski definition) is 3. The molecule has 1 aromatic rings. The zero-order valence-electron chi connectivity index (χ0n) is 12.1. The number of carbonyl (C=O) groups excluding carboxylic acids is 1. The van der Waals surface area contributed by atoms with E-state index in [1.807, 2.05) is 12.1 Å². The molecule has 0 radical (unpaired) electrons. The third-order valence-electron chi connectivity index (χ3n) is 4.02. The maximum atomic E-state index is 11.8. The second-order valence-corrected chi connectivity index (χ2v) is 6.56.